The Morgan fingerprint density at radius 2 is 2.44 bits per heavy atom. The lowest BCUT2D eigenvalue weighted by atomic mass is 9.76. The summed E-state index contributed by atoms with van der Waals surface area (Å²) < 4.78 is 23.1. The van der Waals surface area contributed by atoms with E-state index in [2.05, 4.69) is 13.0 Å². The van der Waals surface area contributed by atoms with Gasteiger partial charge >= 0.3 is 0 Å². The summed E-state index contributed by atoms with van der Waals surface area (Å²) in [5, 5.41) is 10.8. The summed E-state index contributed by atoms with van der Waals surface area (Å²) in [4.78, 5) is 0. The maximum Gasteiger partial charge on any atom is 0.0653 e. The van der Waals surface area contributed by atoms with Crippen LogP contribution in [0.2, 0.25) is 0 Å². The summed E-state index contributed by atoms with van der Waals surface area (Å²) in [6.07, 6.45) is 7.35. The molecule has 0 saturated heterocycles. The lowest BCUT2D eigenvalue weighted by Gasteiger charge is -2.34. The fourth-order valence-corrected chi connectivity index (χ4v) is 2.18. The zero-order valence-electron chi connectivity index (χ0n) is 13.7. The third-order valence-electron chi connectivity index (χ3n) is 3.39. The summed E-state index contributed by atoms with van der Waals surface area (Å²) in [6.45, 7) is 3.72. The molecule has 0 spiro atoms. The van der Waals surface area contributed by atoms with Crippen molar-refractivity contribution in [2.24, 2.45) is 5.92 Å². The van der Waals surface area contributed by atoms with E-state index in [0.717, 1.165) is 18.4 Å². The van der Waals surface area contributed by atoms with Crippen LogP contribution in [0.15, 0.2) is 23.3 Å². The second-order valence-corrected chi connectivity index (χ2v) is 5.27. The highest BCUT2D eigenvalue weighted by atomic mass is 16.3. The van der Waals surface area contributed by atoms with Crippen molar-refractivity contribution in [3.05, 3.63) is 23.3 Å². The van der Waals surface area contributed by atoms with Gasteiger partial charge < -0.3 is 5.11 Å². The Morgan fingerprint density at radius 1 is 1.69 bits per heavy atom. The van der Waals surface area contributed by atoms with Gasteiger partial charge in [-0.25, -0.2) is 0 Å². The van der Waals surface area contributed by atoms with Crippen molar-refractivity contribution >= 4 is 0 Å². The molecule has 1 aliphatic carbocycles. The minimum atomic E-state index is -2.31. The summed E-state index contributed by atoms with van der Waals surface area (Å²) >= 11 is 0. The maximum atomic E-state index is 10.8. The molecule has 1 nitrogen and oxygen atoms in total. The number of aliphatic hydroxyl groups is 1. The van der Waals surface area contributed by atoms with Crippen LogP contribution in [0.25, 0.3) is 0 Å². The van der Waals surface area contributed by atoms with E-state index < -0.39 is 12.5 Å². The minimum absolute atomic E-state index is 0.158. The van der Waals surface area contributed by atoms with Gasteiger partial charge in [-0.05, 0) is 65.6 Å². The second kappa shape index (κ2) is 5.67. The van der Waals surface area contributed by atoms with Crippen LogP contribution in [0.4, 0.5) is 0 Å². The molecule has 0 heterocycles. The normalized spacial score (nSPS) is 28.1. The fourth-order valence-electron chi connectivity index (χ4n) is 2.18. The first kappa shape index (κ1) is 9.47. The number of hydrogen-bond donors (Lipinski definition) is 1. The minimum Gasteiger partial charge on any atom is -0.390 e. The molecule has 1 heteroatoms. The molecule has 0 saturated carbocycles. The smallest absolute Gasteiger partial charge is 0.0653 e. The third kappa shape index (κ3) is 4.13. The van der Waals surface area contributed by atoms with Crippen LogP contribution in [-0.2, 0) is 0 Å². The Hall–Kier alpha value is -0.560. The molecule has 0 aliphatic heterocycles. The van der Waals surface area contributed by atoms with Gasteiger partial charge in [0.15, 0.2) is 0 Å². The van der Waals surface area contributed by atoms with Crippen LogP contribution >= 0.6 is 0 Å². The second-order valence-electron chi connectivity index (χ2n) is 5.27. The topological polar surface area (TPSA) is 20.2 Å². The van der Waals surface area contributed by atoms with E-state index in [9.17, 15) is 5.11 Å². The molecule has 2 atom stereocenters. The Bertz CT molecular complexity index is 364. The zero-order chi connectivity index (χ0) is 14.7. The van der Waals surface area contributed by atoms with Crippen LogP contribution in [0, 0.1) is 5.92 Å². The summed E-state index contributed by atoms with van der Waals surface area (Å²) in [7, 11) is 0. The molecule has 0 amide bonds. The fraction of sp³-hybridized carbons (Fsp3) is 0.733. The molecular formula is C15H26O. The van der Waals surface area contributed by atoms with Crippen molar-refractivity contribution in [2.75, 3.05) is 0 Å². The van der Waals surface area contributed by atoms with Gasteiger partial charge in [0.05, 0.1) is 5.60 Å². The van der Waals surface area contributed by atoms with E-state index in [1.807, 2.05) is 19.9 Å². The first-order chi connectivity index (χ1) is 8.67. The molecule has 1 unspecified atom stereocenters. The van der Waals surface area contributed by atoms with Crippen molar-refractivity contribution in [3.8, 4) is 0 Å². The quantitative estimate of drug-likeness (QED) is 0.710. The van der Waals surface area contributed by atoms with Crippen molar-refractivity contribution in [2.45, 2.75) is 65.3 Å². The number of allylic oxidation sites excluding steroid dienone is 4. The van der Waals surface area contributed by atoms with E-state index in [4.69, 9.17) is 4.11 Å². The van der Waals surface area contributed by atoms with E-state index in [-0.39, 0.29) is 5.92 Å². The van der Waals surface area contributed by atoms with Gasteiger partial charge in [0.2, 0.25) is 0 Å². The van der Waals surface area contributed by atoms with Crippen LogP contribution < -0.4 is 0 Å². The highest BCUT2D eigenvalue weighted by molar-refractivity contribution is 5.06. The molecule has 1 rings (SSSR count). The SMILES string of the molecule is [2H]C([2H])([2H])C(O)(CCC=C(C)C)[C@@H]1CC=C(C)CC1. The van der Waals surface area contributed by atoms with Crippen LogP contribution in [0.3, 0.4) is 0 Å². The number of hydrogen-bond acceptors (Lipinski definition) is 1. The molecule has 1 aliphatic rings. The summed E-state index contributed by atoms with van der Waals surface area (Å²) in [6, 6.07) is 0. The van der Waals surface area contributed by atoms with Crippen molar-refractivity contribution in [3.63, 3.8) is 0 Å². The van der Waals surface area contributed by atoms with Gasteiger partial charge in [-0.3, -0.25) is 0 Å². The van der Waals surface area contributed by atoms with Gasteiger partial charge in [-0.2, -0.15) is 0 Å². The molecule has 0 fully saturated rings. The van der Waals surface area contributed by atoms with Crippen LogP contribution in [0.5, 0.6) is 0 Å². The third-order valence-corrected chi connectivity index (χ3v) is 3.39. The molecule has 16 heavy (non-hydrogen) atoms. The predicted octanol–water partition coefficient (Wildman–Crippen LogP) is 4.23. The molecular weight excluding hydrogens is 196 g/mol. The van der Waals surface area contributed by atoms with Gasteiger partial charge in [0.25, 0.3) is 0 Å². The summed E-state index contributed by atoms with van der Waals surface area (Å²) in [5.41, 5.74) is 0.900. The Morgan fingerprint density at radius 3 is 2.94 bits per heavy atom. The summed E-state index contributed by atoms with van der Waals surface area (Å²) in [5.74, 6) is -0.158. The Balaban J connectivity index is 2.85. The first-order valence-electron chi connectivity index (χ1n) is 7.68. The largest absolute Gasteiger partial charge is 0.390 e. The lowest BCUT2D eigenvalue weighted by Crippen LogP contribution is -2.35. The van der Waals surface area contributed by atoms with Gasteiger partial charge in [0.1, 0.15) is 0 Å². The van der Waals surface area contributed by atoms with Crippen LogP contribution in [0.1, 0.15) is 63.8 Å². The average molecular weight is 225 g/mol. The first-order valence-corrected chi connectivity index (χ1v) is 6.18. The Labute approximate surface area is 104 Å². The molecule has 0 bridgehead atoms. The molecule has 0 aromatic heterocycles. The van der Waals surface area contributed by atoms with Crippen LogP contribution in [-0.4, -0.2) is 10.7 Å². The monoisotopic (exact) mass is 225 g/mol. The predicted molar refractivity (Wildman–Crippen MR) is 70.4 cm³/mol. The molecule has 92 valence electrons. The standard InChI is InChI=1S/C15H26O/c1-12(2)6-5-11-15(4,16)14-9-7-13(3)8-10-14/h6-7,14,16H,5,8-11H2,1-4H3/t14-,15?/m1/s1/i4D3. The highest BCUT2D eigenvalue weighted by Crippen LogP contribution is 2.34. The van der Waals surface area contributed by atoms with E-state index in [1.165, 1.54) is 5.57 Å². The molecule has 0 aromatic carbocycles. The van der Waals surface area contributed by atoms with E-state index >= 15 is 0 Å². The van der Waals surface area contributed by atoms with Crippen molar-refractivity contribution in [1.29, 1.82) is 0 Å². The van der Waals surface area contributed by atoms with Crippen molar-refractivity contribution < 1.29 is 9.22 Å². The van der Waals surface area contributed by atoms with Gasteiger partial charge in [-0.1, -0.05) is 23.3 Å². The lowest BCUT2D eigenvalue weighted by molar-refractivity contribution is -0.0122. The maximum absolute atomic E-state index is 10.8. The molecule has 0 aromatic rings. The molecule has 0 radical (unpaired) electrons. The molecule has 1 N–H and O–H groups in total. The van der Waals surface area contributed by atoms with Crippen molar-refractivity contribution in [1.82, 2.24) is 0 Å². The van der Waals surface area contributed by atoms with Gasteiger partial charge in [-0.15, -0.1) is 0 Å². The number of rotatable bonds is 4. The highest BCUT2D eigenvalue weighted by Gasteiger charge is 2.31. The van der Waals surface area contributed by atoms with E-state index in [1.54, 1.807) is 0 Å². The average Bonchev–Trinajstić information content (AvgIpc) is 2.27. The van der Waals surface area contributed by atoms with Gasteiger partial charge in [0, 0.05) is 4.11 Å². The van der Waals surface area contributed by atoms with E-state index in [0.29, 0.717) is 19.3 Å². The zero-order valence-corrected chi connectivity index (χ0v) is 10.7. The Kier molecular flexibility index (Phi) is 3.36.